The normalized spacial score (nSPS) is 10.8. The lowest BCUT2D eigenvalue weighted by Gasteiger charge is -2.11. The standard InChI is InChI=1S/C14H18N2O3/c1-8(2)12-13(16-19-14(12)15)10-6-5-9(17-3)7-11(10)18-4/h5-8H,15H2,1-4H3. The van der Waals surface area contributed by atoms with E-state index in [-0.39, 0.29) is 5.92 Å². The molecule has 0 aliphatic carbocycles. The third-order valence-corrected chi connectivity index (χ3v) is 3.00. The van der Waals surface area contributed by atoms with Crippen LogP contribution >= 0.6 is 0 Å². The fourth-order valence-electron chi connectivity index (χ4n) is 2.06. The fourth-order valence-corrected chi connectivity index (χ4v) is 2.06. The lowest BCUT2D eigenvalue weighted by Crippen LogP contribution is -1.96. The topological polar surface area (TPSA) is 70.5 Å². The van der Waals surface area contributed by atoms with Crippen LogP contribution in [0, 0.1) is 0 Å². The first kappa shape index (κ1) is 13.3. The Morgan fingerprint density at radius 2 is 1.95 bits per heavy atom. The molecule has 0 radical (unpaired) electrons. The molecule has 0 bridgehead atoms. The van der Waals surface area contributed by atoms with Crippen molar-refractivity contribution in [2.75, 3.05) is 20.0 Å². The van der Waals surface area contributed by atoms with Gasteiger partial charge in [0.25, 0.3) is 0 Å². The van der Waals surface area contributed by atoms with E-state index >= 15 is 0 Å². The summed E-state index contributed by atoms with van der Waals surface area (Å²) in [6.07, 6.45) is 0. The Morgan fingerprint density at radius 1 is 1.21 bits per heavy atom. The van der Waals surface area contributed by atoms with Crippen LogP contribution in [0.4, 0.5) is 5.88 Å². The van der Waals surface area contributed by atoms with Crippen molar-refractivity contribution in [1.82, 2.24) is 5.16 Å². The van der Waals surface area contributed by atoms with Crippen molar-refractivity contribution in [3.63, 3.8) is 0 Å². The van der Waals surface area contributed by atoms with Crippen LogP contribution < -0.4 is 15.2 Å². The lowest BCUT2D eigenvalue weighted by atomic mass is 9.98. The Bertz CT molecular complexity index is 576. The monoisotopic (exact) mass is 262 g/mol. The minimum atomic E-state index is 0.216. The highest BCUT2D eigenvalue weighted by atomic mass is 16.5. The molecule has 1 aromatic carbocycles. The maximum Gasteiger partial charge on any atom is 0.226 e. The van der Waals surface area contributed by atoms with Gasteiger partial charge in [0.15, 0.2) is 0 Å². The first-order valence-corrected chi connectivity index (χ1v) is 6.06. The van der Waals surface area contributed by atoms with Crippen molar-refractivity contribution < 1.29 is 14.0 Å². The van der Waals surface area contributed by atoms with Gasteiger partial charge in [0.1, 0.15) is 17.2 Å². The molecule has 0 atom stereocenters. The molecular weight excluding hydrogens is 244 g/mol. The Kier molecular flexibility index (Phi) is 3.64. The van der Waals surface area contributed by atoms with E-state index in [2.05, 4.69) is 5.16 Å². The highest BCUT2D eigenvalue weighted by Crippen LogP contribution is 2.38. The van der Waals surface area contributed by atoms with Gasteiger partial charge in [-0.1, -0.05) is 19.0 Å². The summed E-state index contributed by atoms with van der Waals surface area (Å²) in [5, 5.41) is 4.05. The third kappa shape index (κ3) is 2.36. The van der Waals surface area contributed by atoms with Gasteiger partial charge in [-0.3, -0.25) is 0 Å². The maximum atomic E-state index is 5.83. The molecule has 0 aliphatic rings. The second-order valence-corrected chi connectivity index (χ2v) is 4.53. The number of ether oxygens (including phenoxy) is 2. The quantitative estimate of drug-likeness (QED) is 0.916. The van der Waals surface area contributed by atoms with Crippen molar-refractivity contribution >= 4 is 5.88 Å². The van der Waals surface area contributed by atoms with Gasteiger partial charge in [-0.2, -0.15) is 0 Å². The van der Waals surface area contributed by atoms with Crippen molar-refractivity contribution in [2.24, 2.45) is 0 Å². The lowest BCUT2D eigenvalue weighted by molar-refractivity contribution is 0.394. The molecule has 0 aliphatic heterocycles. The Hall–Kier alpha value is -2.17. The Morgan fingerprint density at radius 3 is 2.53 bits per heavy atom. The summed E-state index contributed by atoms with van der Waals surface area (Å²) in [6.45, 7) is 4.09. The van der Waals surface area contributed by atoms with Gasteiger partial charge in [-0.05, 0) is 18.1 Å². The van der Waals surface area contributed by atoms with E-state index in [1.54, 1.807) is 14.2 Å². The zero-order chi connectivity index (χ0) is 14.0. The van der Waals surface area contributed by atoms with Crippen molar-refractivity contribution in [2.45, 2.75) is 19.8 Å². The number of benzene rings is 1. The molecular formula is C14H18N2O3. The van der Waals surface area contributed by atoms with Crippen LogP contribution in [0.25, 0.3) is 11.3 Å². The molecule has 1 aromatic heterocycles. The largest absolute Gasteiger partial charge is 0.497 e. The van der Waals surface area contributed by atoms with Gasteiger partial charge in [-0.15, -0.1) is 0 Å². The third-order valence-electron chi connectivity index (χ3n) is 3.00. The van der Waals surface area contributed by atoms with Crippen molar-refractivity contribution in [3.05, 3.63) is 23.8 Å². The van der Waals surface area contributed by atoms with Gasteiger partial charge in [0.05, 0.1) is 14.2 Å². The van der Waals surface area contributed by atoms with Gasteiger partial charge >= 0.3 is 0 Å². The zero-order valence-electron chi connectivity index (χ0n) is 11.6. The molecule has 0 amide bonds. The van der Waals surface area contributed by atoms with Gasteiger partial charge in [-0.25, -0.2) is 0 Å². The molecule has 5 nitrogen and oxygen atoms in total. The number of aromatic nitrogens is 1. The molecule has 0 fully saturated rings. The van der Waals surface area contributed by atoms with Crippen LogP contribution in [0.15, 0.2) is 22.7 Å². The Balaban J connectivity index is 2.59. The minimum absolute atomic E-state index is 0.216. The zero-order valence-corrected chi connectivity index (χ0v) is 11.6. The number of methoxy groups -OCH3 is 2. The highest BCUT2D eigenvalue weighted by molar-refractivity contribution is 5.74. The van der Waals surface area contributed by atoms with Crippen LogP contribution in [-0.4, -0.2) is 19.4 Å². The van der Waals surface area contributed by atoms with Crippen molar-refractivity contribution in [1.29, 1.82) is 0 Å². The predicted octanol–water partition coefficient (Wildman–Crippen LogP) is 3.06. The number of nitrogens with two attached hydrogens (primary N) is 1. The fraction of sp³-hybridized carbons (Fsp3) is 0.357. The summed E-state index contributed by atoms with van der Waals surface area (Å²) >= 11 is 0. The van der Waals surface area contributed by atoms with E-state index in [0.29, 0.717) is 17.3 Å². The molecule has 1 heterocycles. The van der Waals surface area contributed by atoms with Crippen LogP contribution in [-0.2, 0) is 0 Å². The molecule has 5 heteroatoms. The smallest absolute Gasteiger partial charge is 0.226 e. The van der Waals surface area contributed by atoms with Gasteiger partial charge in [0, 0.05) is 17.2 Å². The first-order valence-electron chi connectivity index (χ1n) is 6.06. The average molecular weight is 262 g/mol. The second kappa shape index (κ2) is 5.22. The molecule has 0 spiro atoms. The summed E-state index contributed by atoms with van der Waals surface area (Å²) in [5.74, 6) is 1.97. The van der Waals surface area contributed by atoms with E-state index in [1.165, 1.54) is 0 Å². The maximum absolute atomic E-state index is 5.83. The van der Waals surface area contributed by atoms with Crippen LogP contribution in [0.3, 0.4) is 0 Å². The summed E-state index contributed by atoms with van der Waals surface area (Å²) in [4.78, 5) is 0. The number of anilines is 1. The number of hydrogen-bond acceptors (Lipinski definition) is 5. The van der Waals surface area contributed by atoms with E-state index in [0.717, 1.165) is 16.9 Å². The number of hydrogen-bond donors (Lipinski definition) is 1. The van der Waals surface area contributed by atoms with Crippen LogP contribution in [0.2, 0.25) is 0 Å². The molecule has 2 N–H and O–H groups in total. The van der Waals surface area contributed by atoms with E-state index < -0.39 is 0 Å². The SMILES string of the molecule is COc1ccc(-c2noc(N)c2C(C)C)c(OC)c1. The molecule has 19 heavy (non-hydrogen) atoms. The van der Waals surface area contributed by atoms with Gasteiger partial charge < -0.3 is 19.7 Å². The summed E-state index contributed by atoms with van der Waals surface area (Å²) in [5.41, 5.74) is 8.28. The minimum Gasteiger partial charge on any atom is -0.497 e. The molecule has 2 rings (SSSR count). The molecule has 0 saturated heterocycles. The van der Waals surface area contributed by atoms with Crippen molar-refractivity contribution in [3.8, 4) is 22.8 Å². The molecule has 2 aromatic rings. The van der Waals surface area contributed by atoms with E-state index in [9.17, 15) is 0 Å². The molecule has 102 valence electrons. The number of nitrogens with zero attached hydrogens (tertiary/aromatic N) is 1. The van der Waals surface area contributed by atoms with E-state index in [4.69, 9.17) is 19.7 Å². The number of nitrogen functional groups attached to an aromatic ring is 1. The van der Waals surface area contributed by atoms with Crippen LogP contribution in [0.5, 0.6) is 11.5 Å². The predicted molar refractivity (Wildman–Crippen MR) is 73.5 cm³/mol. The van der Waals surface area contributed by atoms with Crippen LogP contribution in [0.1, 0.15) is 25.3 Å². The van der Waals surface area contributed by atoms with E-state index in [1.807, 2.05) is 32.0 Å². The second-order valence-electron chi connectivity index (χ2n) is 4.53. The summed E-state index contributed by atoms with van der Waals surface area (Å²) in [6, 6.07) is 5.55. The number of rotatable bonds is 4. The average Bonchev–Trinajstić information content (AvgIpc) is 2.79. The van der Waals surface area contributed by atoms with Gasteiger partial charge in [0.2, 0.25) is 5.88 Å². The summed E-state index contributed by atoms with van der Waals surface area (Å²) in [7, 11) is 3.22. The molecule has 0 unspecified atom stereocenters. The first-order chi connectivity index (χ1) is 9.08. The molecule has 0 saturated carbocycles. The Labute approximate surface area is 112 Å². The highest BCUT2D eigenvalue weighted by Gasteiger charge is 2.21. The summed E-state index contributed by atoms with van der Waals surface area (Å²) < 4.78 is 15.7.